The zero-order valence-corrected chi connectivity index (χ0v) is 13.2. The highest BCUT2D eigenvalue weighted by Crippen LogP contribution is 2.50. The fourth-order valence-corrected chi connectivity index (χ4v) is 2.27. The average Bonchev–Trinajstić information content (AvgIpc) is 2.63. The van der Waals surface area contributed by atoms with Crippen molar-refractivity contribution < 1.29 is 53.2 Å². The van der Waals surface area contributed by atoms with Crippen molar-refractivity contribution in [2.75, 3.05) is 6.61 Å². The summed E-state index contributed by atoms with van der Waals surface area (Å²) < 4.78 is 111. The molecule has 13 heteroatoms. The summed E-state index contributed by atoms with van der Waals surface area (Å²) in [5, 5.41) is 0. The summed E-state index contributed by atoms with van der Waals surface area (Å²) in [5.74, 6) is -6.44. The number of halogens is 6. The molecule has 0 saturated carbocycles. The van der Waals surface area contributed by atoms with E-state index in [0.717, 1.165) is 0 Å². The predicted octanol–water partition coefficient (Wildman–Crippen LogP) is 2.61. The minimum absolute atomic E-state index is 0.345. The van der Waals surface area contributed by atoms with Crippen LogP contribution in [0, 0.1) is 5.92 Å². The second-order valence-corrected chi connectivity index (χ2v) is 6.36. The van der Waals surface area contributed by atoms with Crippen molar-refractivity contribution in [3.05, 3.63) is 11.5 Å². The third-order valence-electron chi connectivity index (χ3n) is 3.26. The second-order valence-electron chi connectivity index (χ2n) is 4.83. The van der Waals surface area contributed by atoms with Crippen LogP contribution in [0.15, 0.2) is 11.5 Å². The number of alkyl halides is 6. The molecular formula is C11H12F6O6S. The summed E-state index contributed by atoms with van der Waals surface area (Å²) >= 11 is 0. The third kappa shape index (κ3) is 3.39. The Labute approximate surface area is 132 Å². The number of hydrogen-bond acceptors (Lipinski definition) is 6. The van der Waals surface area contributed by atoms with Gasteiger partial charge in [0.2, 0.25) is 11.4 Å². The van der Waals surface area contributed by atoms with Gasteiger partial charge in [-0.3, -0.25) is 0 Å². The highest BCUT2D eigenvalue weighted by molar-refractivity contribution is 7.87. The van der Waals surface area contributed by atoms with Gasteiger partial charge in [0.05, 0.1) is 12.5 Å². The minimum atomic E-state index is -6.30. The van der Waals surface area contributed by atoms with Gasteiger partial charge in [-0.15, -0.1) is 0 Å². The normalized spacial score (nSPS) is 25.5. The van der Waals surface area contributed by atoms with Gasteiger partial charge >= 0.3 is 27.8 Å². The van der Waals surface area contributed by atoms with Crippen LogP contribution in [0.5, 0.6) is 0 Å². The first-order valence-electron chi connectivity index (χ1n) is 6.26. The number of rotatable bonds is 4. The fourth-order valence-electron chi connectivity index (χ4n) is 1.72. The molecule has 0 aromatic rings. The van der Waals surface area contributed by atoms with E-state index in [1.807, 2.05) is 0 Å². The van der Waals surface area contributed by atoms with Crippen molar-refractivity contribution in [2.45, 2.75) is 38.1 Å². The quantitative estimate of drug-likeness (QED) is 0.320. The lowest BCUT2D eigenvalue weighted by Gasteiger charge is -2.31. The van der Waals surface area contributed by atoms with Crippen molar-refractivity contribution in [3.63, 3.8) is 0 Å². The van der Waals surface area contributed by atoms with Gasteiger partial charge < -0.3 is 13.7 Å². The molecule has 6 nitrogen and oxygen atoms in total. The van der Waals surface area contributed by atoms with E-state index in [9.17, 15) is 39.6 Å². The fraction of sp³-hybridized carbons (Fsp3) is 0.727. The van der Waals surface area contributed by atoms with Gasteiger partial charge in [-0.05, 0) is 13.8 Å². The summed E-state index contributed by atoms with van der Waals surface area (Å²) in [7, 11) is -6.30. The molecule has 0 spiro atoms. The maximum Gasteiger partial charge on any atom is 0.534 e. The zero-order chi connectivity index (χ0) is 19.1. The SMILES string of the molecule is CCOC(=O)C1=C(OS(=O)(=O)C(F)(F)F)[C@H](C)[C@@](C)(C(F)(F)F)O1. The molecule has 1 aliphatic heterocycles. The van der Waals surface area contributed by atoms with Crippen LogP contribution in [0.1, 0.15) is 20.8 Å². The molecule has 140 valence electrons. The molecule has 24 heavy (non-hydrogen) atoms. The average molecular weight is 386 g/mol. The Bertz CT molecular complexity index is 649. The molecule has 1 heterocycles. The highest BCUT2D eigenvalue weighted by Gasteiger charge is 2.65. The van der Waals surface area contributed by atoms with E-state index >= 15 is 0 Å². The molecule has 1 rings (SSSR count). The Kier molecular flexibility index (Phi) is 5.10. The number of hydrogen-bond donors (Lipinski definition) is 0. The van der Waals surface area contributed by atoms with Gasteiger partial charge in [0, 0.05) is 0 Å². The first-order chi connectivity index (χ1) is 10.6. The molecule has 0 fully saturated rings. The maximum atomic E-state index is 13.1. The molecule has 0 saturated heterocycles. The Morgan fingerprint density at radius 1 is 1.25 bits per heavy atom. The van der Waals surface area contributed by atoms with Gasteiger partial charge in [0.15, 0.2) is 5.76 Å². The molecule has 0 aromatic heterocycles. The highest BCUT2D eigenvalue weighted by atomic mass is 32.2. The molecule has 0 N–H and O–H groups in total. The Morgan fingerprint density at radius 2 is 1.75 bits per heavy atom. The van der Waals surface area contributed by atoms with Crippen LogP contribution in [0.3, 0.4) is 0 Å². The van der Waals surface area contributed by atoms with Crippen LogP contribution >= 0.6 is 0 Å². The molecule has 0 aliphatic carbocycles. The van der Waals surface area contributed by atoms with Crippen LogP contribution in [-0.4, -0.2) is 38.3 Å². The van der Waals surface area contributed by atoms with Crippen LogP contribution < -0.4 is 0 Å². The molecule has 0 bridgehead atoms. The molecule has 1 aliphatic rings. The Hall–Kier alpha value is -1.66. The largest absolute Gasteiger partial charge is 0.534 e. The van der Waals surface area contributed by atoms with Crippen LogP contribution in [0.2, 0.25) is 0 Å². The van der Waals surface area contributed by atoms with Gasteiger partial charge in [0.1, 0.15) is 0 Å². The van der Waals surface area contributed by atoms with E-state index in [1.165, 1.54) is 6.92 Å². The Morgan fingerprint density at radius 3 is 2.12 bits per heavy atom. The predicted molar refractivity (Wildman–Crippen MR) is 64.4 cm³/mol. The summed E-state index contributed by atoms with van der Waals surface area (Å²) in [4.78, 5) is 11.6. The van der Waals surface area contributed by atoms with Crippen molar-refractivity contribution in [1.82, 2.24) is 0 Å². The van der Waals surface area contributed by atoms with E-state index in [4.69, 9.17) is 0 Å². The lowest BCUT2D eigenvalue weighted by Crippen LogP contribution is -2.47. The molecule has 0 aromatic carbocycles. The van der Waals surface area contributed by atoms with Crippen molar-refractivity contribution in [1.29, 1.82) is 0 Å². The van der Waals surface area contributed by atoms with Crippen molar-refractivity contribution >= 4 is 16.1 Å². The van der Waals surface area contributed by atoms with E-state index < -0.39 is 50.8 Å². The van der Waals surface area contributed by atoms with Gasteiger partial charge in [0.25, 0.3) is 0 Å². The number of ether oxygens (including phenoxy) is 2. The molecule has 0 unspecified atom stereocenters. The summed E-state index contributed by atoms with van der Waals surface area (Å²) in [5.41, 5.74) is -9.08. The molecule has 0 radical (unpaired) electrons. The van der Waals surface area contributed by atoms with Crippen LogP contribution in [0.4, 0.5) is 26.3 Å². The summed E-state index contributed by atoms with van der Waals surface area (Å²) in [6.45, 7) is 2.07. The first kappa shape index (κ1) is 20.4. The summed E-state index contributed by atoms with van der Waals surface area (Å²) in [6.07, 6.45) is -5.14. The second kappa shape index (κ2) is 6.01. The number of carbonyl (C=O) groups is 1. The lowest BCUT2D eigenvalue weighted by atomic mass is 9.90. The van der Waals surface area contributed by atoms with Gasteiger partial charge in [-0.25, -0.2) is 4.79 Å². The first-order valence-corrected chi connectivity index (χ1v) is 7.67. The van der Waals surface area contributed by atoms with Crippen LogP contribution in [0.25, 0.3) is 0 Å². The van der Waals surface area contributed by atoms with E-state index in [0.29, 0.717) is 13.8 Å². The standard InChI is InChI=1S/C11H12F6O6S/c1-4-21-8(18)7-6(23-24(19,20)11(15,16)17)5(2)9(3,22-7)10(12,13)14/h5H,4H2,1-3H3/t5-,9-/m0/s1. The topological polar surface area (TPSA) is 78.9 Å². The van der Waals surface area contributed by atoms with E-state index in [1.54, 1.807) is 0 Å². The van der Waals surface area contributed by atoms with Gasteiger partial charge in [-0.2, -0.15) is 34.8 Å². The smallest absolute Gasteiger partial charge is 0.467 e. The number of esters is 1. The minimum Gasteiger partial charge on any atom is -0.467 e. The monoisotopic (exact) mass is 386 g/mol. The lowest BCUT2D eigenvalue weighted by molar-refractivity contribution is -0.263. The number of carbonyl (C=O) groups excluding carboxylic acids is 1. The molecule has 0 amide bonds. The van der Waals surface area contributed by atoms with Crippen molar-refractivity contribution in [2.24, 2.45) is 5.92 Å². The van der Waals surface area contributed by atoms with E-state index in [-0.39, 0.29) is 6.61 Å². The van der Waals surface area contributed by atoms with Crippen LogP contribution in [-0.2, 0) is 28.6 Å². The molecule has 2 atom stereocenters. The van der Waals surface area contributed by atoms with E-state index in [2.05, 4.69) is 13.7 Å². The zero-order valence-electron chi connectivity index (χ0n) is 12.4. The Balaban J connectivity index is 3.42. The molecular weight excluding hydrogens is 374 g/mol. The summed E-state index contributed by atoms with van der Waals surface area (Å²) in [6, 6.07) is 0. The maximum absolute atomic E-state index is 13.1. The van der Waals surface area contributed by atoms with Gasteiger partial charge in [-0.1, -0.05) is 6.92 Å². The third-order valence-corrected chi connectivity index (χ3v) is 4.23. The van der Waals surface area contributed by atoms with Crippen molar-refractivity contribution in [3.8, 4) is 0 Å².